The number of carbonyl (C=O) groups excluding carboxylic acids is 2. The number of allylic oxidation sites excluding steroid dienone is 6. The Labute approximate surface area is 341 Å². The third-order valence-electron chi connectivity index (χ3n) is 10.7. The summed E-state index contributed by atoms with van der Waals surface area (Å²) in [6.07, 6.45) is 52.5. The first-order valence-electron chi connectivity index (χ1n) is 23.7. The predicted octanol–water partition coefficient (Wildman–Crippen LogP) is 13.7. The minimum Gasteiger partial charge on any atom is -0.466 e. The van der Waals surface area contributed by atoms with Gasteiger partial charge in [0.15, 0.2) is 0 Å². The maximum atomic E-state index is 12.4. The highest BCUT2D eigenvalue weighted by Gasteiger charge is 2.20. The monoisotopic (exact) mass is 774 g/mol. The van der Waals surface area contributed by atoms with E-state index in [0.29, 0.717) is 25.9 Å². The van der Waals surface area contributed by atoms with Crippen LogP contribution >= 0.6 is 0 Å². The fourth-order valence-corrected chi connectivity index (χ4v) is 6.96. The first kappa shape index (κ1) is 53.1. The molecule has 0 rings (SSSR count). The molecule has 6 nitrogen and oxygen atoms in total. The second-order valence-electron chi connectivity index (χ2n) is 16.1. The van der Waals surface area contributed by atoms with Crippen LogP contribution in [0.3, 0.4) is 0 Å². The molecule has 0 saturated carbocycles. The Morgan fingerprint density at radius 3 is 1.42 bits per heavy atom. The molecule has 0 aliphatic heterocycles. The quantitative estimate of drug-likeness (QED) is 0.0326. The van der Waals surface area contributed by atoms with E-state index in [4.69, 9.17) is 4.74 Å². The molecule has 6 heteroatoms. The molecule has 0 aliphatic rings. The Balaban J connectivity index is 3.52. The first-order chi connectivity index (χ1) is 27.0. The summed E-state index contributed by atoms with van der Waals surface area (Å²) in [5, 5.41) is 23.0. The number of unbranched alkanes of at least 4 members (excludes halogenated alkanes) is 26. The Morgan fingerprint density at radius 2 is 0.909 bits per heavy atom. The first-order valence-corrected chi connectivity index (χ1v) is 23.7. The number of aliphatic hydroxyl groups is 2. The topological polar surface area (TPSA) is 95.9 Å². The lowest BCUT2D eigenvalue weighted by Crippen LogP contribution is -2.45. The van der Waals surface area contributed by atoms with E-state index in [9.17, 15) is 19.8 Å². The van der Waals surface area contributed by atoms with Gasteiger partial charge in [-0.25, -0.2) is 0 Å². The van der Waals surface area contributed by atoms with Crippen LogP contribution in [-0.4, -0.2) is 47.4 Å². The highest BCUT2D eigenvalue weighted by molar-refractivity contribution is 5.76. The molecule has 322 valence electrons. The van der Waals surface area contributed by atoms with Crippen LogP contribution in [0.2, 0.25) is 0 Å². The average molecular weight is 774 g/mol. The lowest BCUT2D eigenvalue weighted by atomic mass is 10.0. The average Bonchev–Trinajstić information content (AvgIpc) is 3.18. The van der Waals surface area contributed by atoms with Gasteiger partial charge in [0.25, 0.3) is 0 Å². The van der Waals surface area contributed by atoms with Crippen molar-refractivity contribution in [1.29, 1.82) is 0 Å². The predicted molar refractivity (Wildman–Crippen MR) is 236 cm³/mol. The molecule has 0 radical (unpaired) electrons. The highest BCUT2D eigenvalue weighted by Crippen LogP contribution is 2.14. The van der Waals surface area contributed by atoms with Gasteiger partial charge in [-0.15, -0.1) is 0 Å². The zero-order valence-electron chi connectivity index (χ0n) is 36.4. The van der Waals surface area contributed by atoms with E-state index >= 15 is 0 Å². The number of aliphatic hydroxyl groups excluding tert-OH is 2. The Kier molecular flexibility index (Phi) is 43.2. The van der Waals surface area contributed by atoms with Gasteiger partial charge >= 0.3 is 5.97 Å². The van der Waals surface area contributed by atoms with Crippen molar-refractivity contribution in [2.45, 2.75) is 251 Å². The Hall–Kier alpha value is -1.92. The smallest absolute Gasteiger partial charge is 0.305 e. The van der Waals surface area contributed by atoms with Gasteiger partial charge in [0.1, 0.15) is 0 Å². The maximum Gasteiger partial charge on any atom is 0.305 e. The van der Waals surface area contributed by atoms with Crippen LogP contribution in [0, 0.1) is 0 Å². The zero-order valence-corrected chi connectivity index (χ0v) is 36.4. The van der Waals surface area contributed by atoms with Crippen molar-refractivity contribution in [3.05, 3.63) is 36.5 Å². The molecule has 0 spiro atoms. The lowest BCUT2D eigenvalue weighted by molar-refractivity contribution is -0.143. The molecule has 0 heterocycles. The van der Waals surface area contributed by atoms with Crippen LogP contribution in [-0.2, 0) is 14.3 Å². The van der Waals surface area contributed by atoms with Crippen LogP contribution < -0.4 is 5.32 Å². The summed E-state index contributed by atoms with van der Waals surface area (Å²) in [5.41, 5.74) is 0. The van der Waals surface area contributed by atoms with Gasteiger partial charge in [0, 0.05) is 12.8 Å². The molecule has 1 amide bonds. The summed E-state index contributed by atoms with van der Waals surface area (Å²) in [6.45, 7) is 4.81. The summed E-state index contributed by atoms with van der Waals surface area (Å²) in [7, 11) is 0. The van der Waals surface area contributed by atoms with Crippen molar-refractivity contribution in [3.8, 4) is 0 Å². The summed E-state index contributed by atoms with van der Waals surface area (Å²) >= 11 is 0. The SMILES string of the molecule is CCCCCC/C=C\C/C=C\CCCCCCCCCC(=O)OCCCC/C=C\CCCCCCC(=O)NC(CO)C(O)CCCCCCCCCCCC. The van der Waals surface area contributed by atoms with Crippen LogP contribution in [0.15, 0.2) is 36.5 Å². The number of esters is 1. The fourth-order valence-electron chi connectivity index (χ4n) is 6.96. The molecule has 0 aliphatic carbocycles. The number of nitrogens with one attached hydrogen (secondary N) is 1. The van der Waals surface area contributed by atoms with Gasteiger partial charge in [0.2, 0.25) is 5.91 Å². The number of hydrogen-bond donors (Lipinski definition) is 3. The van der Waals surface area contributed by atoms with E-state index in [0.717, 1.165) is 83.5 Å². The summed E-state index contributed by atoms with van der Waals surface area (Å²) in [4.78, 5) is 24.4. The van der Waals surface area contributed by atoms with Gasteiger partial charge in [-0.2, -0.15) is 0 Å². The summed E-state index contributed by atoms with van der Waals surface area (Å²) in [5.74, 6) is -0.120. The highest BCUT2D eigenvalue weighted by atomic mass is 16.5. The van der Waals surface area contributed by atoms with Gasteiger partial charge < -0.3 is 20.3 Å². The maximum absolute atomic E-state index is 12.4. The molecule has 0 saturated heterocycles. The summed E-state index contributed by atoms with van der Waals surface area (Å²) < 4.78 is 5.43. The van der Waals surface area contributed by atoms with E-state index in [-0.39, 0.29) is 18.5 Å². The molecular formula is C49H91NO5. The molecule has 0 bridgehead atoms. The fraction of sp³-hybridized carbons (Fsp3) is 0.837. The molecule has 0 aromatic carbocycles. The standard InChI is InChI=1S/C49H91NO5/c1-3-5-7-9-11-13-15-16-17-18-19-20-21-22-27-31-35-39-43-49(54)55-44-40-36-32-28-24-23-26-30-34-38-42-48(53)50-46(45-51)47(52)41-37-33-29-25-14-12-10-8-6-4-2/h13,15,17-18,24,28,46-47,51-52H,3-12,14,16,19-23,25-27,29-45H2,1-2H3,(H,50,53)/b15-13-,18-17-,28-24-. The molecule has 2 atom stereocenters. The number of rotatable bonds is 43. The van der Waals surface area contributed by atoms with Crippen molar-refractivity contribution < 1.29 is 24.5 Å². The lowest BCUT2D eigenvalue weighted by Gasteiger charge is -2.22. The van der Waals surface area contributed by atoms with E-state index in [1.807, 2.05) is 0 Å². The minimum atomic E-state index is -0.685. The van der Waals surface area contributed by atoms with Gasteiger partial charge in [-0.3, -0.25) is 9.59 Å². The third-order valence-corrected chi connectivity index (χ3v) is 10.7. The Morgan fingerprint density at radius 1 is 0.509 bits per heavy atom. The number of amides is 1. The molecule has 0 aromatic rings. The van der Waals surface area contributed by atoms with Crippen LogP contribution in [0.25, 0.3) is 0 Å². The van der Waals surface area contributed by atoms with Crippen molar-refractivity contribution in [2.75, 3.05) is 13.2 Å². The van der Waals surface area contributed by atoms with Crippen molar-refractivity contribution >= 4 is 11.9 Å². The number of hydrogen-bond acceptors (Lipinski definition) is 5. The largest absolute Gasteiger partial charge is 0.466 e. The number of carbonyl (C=O) groups is 2. The number of ether oxygens (including phenoxy) is 1. The summed E-state index contributed by atoms with van der Waals surface area (Å²) in [6, 6.07) is -0.566. The Bertz CT molecular complexity index is 900. The van der Waals surface area contributed by atoms with E-state index in [1.165, 1.54) is 122 Å². The van der Waals surface area contributed by atoms with Crippen LogP contribution in [0.4, 0.5) is 0 Å². The van der Waals surface area contributed by atoms with Crippen molar-refractivity contribution in [2.24, 2.45) is 0 Å². The molecule has 0 aromatic heterocycles. The normalized spacial score (nSPS) is 13.0. The van der Waals surface area contributed by atoms with Gasteiger partial charge in [-0.1, -0.05) is 179 Å². The van der Waals surface area contributed by atoms with E-state index < -0.39 is 12.1 Å². The minimum absolute atomic E-state index is 0.0449. The van der Waals surface area contributed by atoms with Crippen molar-refractivity contribution in [3.63, 3.8) is 0 Å². The molecular weight excluding hydrogens is 683 g/mol. The second-order valence-corrected chi connectivity index (χ2v) is 16.1. The molecule has 3 N–H and O–H groups in total. The van der Waals surface area contributed by atoms with Crippen LogP contribution in [0.1, 0.15) is 239 Å². The second kappa shape index (κ2) is 44.8. The van der Waals surface area contributed by atoms with Crippen molar-refractivity contribution in [1.82, 2.24) is 5.32 Å². The van der Waals surface area contributed by atoms with E-state index in [1.54, 1.807) is 0 Å². The third kappa shape index (κ3) is 41.5. The van der Waals surface area contributed by atoms with E-state index in [2.05, 4.69) is 55.6 Å². The van der Waals surface area contributed by atoms with Gasteiger partial charge in [-0.05, 0) is 83.5 Å². The molecule has 55 heavy (non-hydrogen) atoms. The molecule has 2 unspecified atom stereocenters. The van der Waals surface area contributed by atoms with Crippen LogP contribution in [0.5, 0.6) is 0 Å². The molecule has 0 fully saturated rings. The zero-order chi connectivity index (χ0) is 40.1. The van der Waals surface area contributed by atoms with Gasteiger partial charge in [0.05, 0.1) is 25.4 Å².